The van der Waals surface area contributed by atoms with Crippen molar-refractivity contribution in [2.24, 2.45) is 12.5 Å². The number of nitrogens with one attached hydrogen (secondary N) is 2. The smallest absolute Gasteiger partial charge is 0.276 e. The summed E-state index contributed by atoms with van der Waals surface area (Å²) in [6, 6.07) is -0.0116. The molecule has 0 aromatic carbocycles. The Morgan fingerprint density at radius 3 is 2.88 bits per heavy atom. The number of rotatable bonds is 4. The minimum absolute atomic E-state index is 0.0116. The summed E-state index contributed by atoms with van der Waals surface area (Å²) in [5.74, 6) is -0.0914. The maximum Gasteiger partial charge on any atom is 0.276 e. The molecule has 0 spiro atoms. The van der Waals surface area contributed by atoms with E-state index in [-0.39, 0.29) is 36.0 Å². The van der Waals surface area contributed by atoms with Crippen LogP contribution in [0.2, 0.25) is 0 Å². The number of aliphatic hydroxyl groups is 1. The van der Waals surface area contributed by atoms with Crippen molar-refractivity contribution in [1.29, 1.82) is 0 Å². The van der Waals surface area contributed by atoms with Gasteiger partial charge in [-0.25, -0.2) is 4.98 Å². The molecule has 25 heavy (non-hydrogen) atoms. The van der Waals surface area contributed by atoms with Crippen LogP contribution in [-0.4, -0.2) is 38.4 Å². The molecule has 0 bridgehead atoms. The number of carbonyl (C=O) groups excluding carboxylic acids is 1. The SMILES string of the molecule is Cc1nc2[nH]n(C)c(=O)c2c(C)c1CC(=O)NC1CCCC1(C)CO. The van der Waals surface area contributed by atoms with Crippen molar-refractivity contribution in [3.63, 3.8) is 0 Å². The zero-order valence-electron chi connectivity index (χ0n) is 15.3. The Morgan fingerprint density at radius 2 is 2.20 bits per heavy atom. The highest BCUT2D eigenvalue weighted by molar-refractivity contribution is 5.84. The molecule has 2 heterocycles. The number of carbonyl (C=O) groups is 1. The van der Waals surface area contributed by atoms with Crippen molar-refractivity contribution in [2.45, 2.75) is 52.5 Å². The van der Waals surface area contributed by atoms with Crippen LogP contribution in [0.5, 0.6) is 0 Å². The van der Waals surface area contributed by atoms with E-state index in [2.05, 4.69) is 15.4 Å². The van der Waals surface area contributed by atoms with Crippen LogP contribution >= 0.6 is 0 Å². The average Bonchev–Trinajstić information content (AvgIpc) is 3.05. The molecule has 7 heteroatoms. The highest BCUT2D eigenvalue weighted by Crippen LogP contribution is 2.37. The zero-order valence-corrected chi connectivity index (χ0v) is 15.3. The zero-order chi connectivity index (χ0) is 18.4. The summed E-state index contributed by atoms with van der Waals surface area (Å²) in [6.07, 6.45) is 3.00. The third kappa shape index (κ3) is 2.97. The first-order valence-electron chi connectivity index (χ1n) is 8.72. The normalized spacial score (nSPS) is 23.3. The molecule has 0 saturated heterocycles. The van der Waals surface area contributed by atoms with Gasteiger partial charge in [-0.3, -0.25) is 19.4 Å². The molecule has 1 aliphatic carbocycles. The monoisotopic (exact) mass is 346 g/mol. The lowest BCUT2D eigenvalue weighted by atomic mass is 9.85. The molecule has 136 valence electrons. The van der Waals surface area contributed by atoms with Gasteiger partial charge < -0.3 is 10.4 Å². The lowest BCUT2D eigenvalue weighted by Gasteiger charge is -2.30. The fourth-order valence-corrected chi connectivity index (χ4v) is 3.95. The van der Waals surface area contributed by atoms with Crippen molar-refractivity contribution < 1.29 is 9.90 Å². The lowest BCUT2D eigenvalue weighted by molar-refractivity contribution is -0.122. The van der Waals surface area contributed by atoms with Gasteiger partial charge in [0.05, 0.1) is 18.4 Å². The van der Waals surface area contributed by atoms with Gasteiger partial charge in [0.25, 0.3) is 5.56 Å². The molecule has 0 radical (unpaired) electrons. The van der Waals surface area contributed by atoms with Gasteiger partial charge >= 0.3 is 0 Å². The minimum Gasteiger partial charge on any atom is -0.396 e. The number of amides is 1. The molecule has 2 aromatic heterocycles. The van der Waals surface area contributed by atoms with Gasteiger partial charge in [-0.1, -0.05) is 13.3 Å². The van der Waals surface area contributed by atoms with E-state index in [9.17, 15) is 14.7 Å². The molecule has 7 nitrogen and oxygen atoms in total. The number of hydrogen-bond donors (Lipinski definition) is 3. The van der Waals surface area contributed by atoms with Crippen LogP contribution in [-0.2, 0) is 18.3 Å². The van der Waals surface area contributed by atoms with E-state index in [0.29, 0.717) is 11.0 Å². The average molecular weight is 346 g/mol. The third-order valence-electron chi connectivity index (χ3n) is 5.69. The standard InChI is InChI=1S/C18H26N4O3/c1-10-12(11(2)19-16-15(10)17(25)22(4)21-16)8-14(24)20-13-6-5-7-18(13,3)9-23/h13,23H,5-9H2,1-4H3,(H,19,21)(H,20,24). The van der Waals surface area contributed by atoms with Crippen LogP contribution < -0.4 is 10.9 Å². The van der Waals surface area contributed by atoms with Crippen LogP contribution in [0.1, 0.15) is 43.0 Å². The van der Waals surface area contributed by atoms with E-state index in [1.807, 2.05) is 20.8 Å². The summed E-state index contributed by atoms with van der Waals surface area (Å²) in [5, 5.41) is 16.2. The van der Waals surface area contributed by atoms with E-state index < -0.39 is 0 Å². The van der Waals surface area contributed by atoms with E-state index in [1.54, 1.807) is 7.05 Å². The summed E-state index contributed by atoms with van der Waals surface area (Å²) in [6.45, 7) is 5.80. The van der Waals surface area contributed by atoms with Crippen LogP contribution in [0.25, 0.3) is 11.0 Å². The number of nitrogens with zero attached hydrogens (tertiary/aromatic N) is 2. The van der Waals surface area contributed by atoms with Gasteiger partial charge in [0.15, 0.2) is 5.65 Å². The second-order valence-electron chi connectivity index (χ2n) is 7.50. The predicted molar refractivity (Wildman–Crippen MR) is 95.5 cm³/mol. The Hall–Kier alpha value is -2.15. The number of H-pyrrole nitrogens is 1. The maximum atomic E-state index is 12.6. The van der Waals surface area contributed by atoms with Crippen molar-refractivity contribution in [3.8, 4) is 0 Å². The first-order valence-corrected chi connectivity index (χ1v) is 8.72. The second-order valence-corrected chi connectivity index (χ2v) is 7.50. The number of aromatic amines is 1. The molecule has 0 aliphatic heterocycles. The number of hydrogen-bond acceptors (Lipinski definition) is 4. The predicted octanol–water partition coefficient (Wildman–Crippen LogP) is 1.09. The van der Waals surface area contributed by atoms with Crippen molar-refractivity contribution in [1.82, 2.24) is 20.1 Å². The van der Waals surface area contributed by atoms with E-state index >= 15 is 0 Å². The van der Waals surface area contributed by atoms with Gasteiger partial charge in [-0.2, -0.15) is 0 Å². The Kier molecular flexibility index (Phi) is 4.45. The largest absolute Gasteiger partial charge is 0.396 e. The molecule has 1 saturated carbocycles. The van der Waals surface area contributed by atoms with E-state index in [1.165, 1.54) is 4.68 Å². The van der Waals surface area contributed by atoms with Gasteiger partial charge in [-0.15, -0.1) is 0 Å². The maximum absolute atomic E-state index is 12.6. The van der Waals surface area contributed by atoms with Crippen LogP contribution in [0.15, 0.2) is 4.79 Å². The summed E-state index contributed by atoms with van der Waals surface area (Å²) in [5.41, 5.74) is 2.51. The Labute approximate surface area is 146 Å². The Balaban J connectivity index is 1.86. The fraction of sp³-hybridized carbons (Fsp3) is 0.611. The number of pyridine rings is 1. The molecule has 3 N–H and O–H groups in total. The van der Waals surface area contributed by atoms with E-state index in [0.717, 1.165) is 36.1 Å². The lowest BCUT2D eigenvalue weighted by Crippen LogP contribution is -2.45. The highest BCUT2D eigenvalue weighted by atomic mass is 16.3. The molecule has 2 aromatic rings. The van der Waals surface area contributed by atoms with Crippen molar-refractivity contribution in [3.05, 3.63) is 27.2 Å². The Morgan fingerprint density at radius 1 is 1.48 bits per heavy atom. The molecule has 1 aliphatic rings. The summed E-state index contributed by atoms with van der Waals surface area (Å²) in [7, 11) is 1.65. The second kappa shape index (κ2) is 6.29. The molecular weight excluding hydrogens is 320 g/mol. The summed E-state index contributed by atoms with van der Waals surface area (Å²) in [4.78, 5) is 29.3. The number of aromatic nitrogens is 3. The molecule has 2 atom stereocenters. The fourth-order valence-electron chi connectivity index (χ4n) is 3.95. The van der Waals surface area contributed by atoms with Gasteiger partial charge in [-0.05, 0) is 37.8 Å². The first kappa shape index (κ1) is 17.7. The van der Waals surface area contributed by atoms with Crippen LogP contribution in [0.3, 0.4) is 0 Å². The summed E-state index contributed by atoms with van der Waals surface area (Å²) >= 11 is 0. The van der Waals surface area contributed by atoms with Gasteiger partial charge in [0.1, 0.15) is 0 Å². The molecule has 1 amide bonds. The molecule has 3 rings (SSSR count). The molecular formula is C18H26N4O3. The summed E-state index contributed by atoms with van der Waals surface area (Å²) < 4.78 is 1.40. The first-order chi connectivity index (χ1) is 11.8. The van der Waals surface area contributed by atoms with E-state index in [4.69, 9.17) is 0 Å². The van der Waals surface area contributed by atoms with Gasteiger partial charge in [0, 0.05) is 24.2 Å². The topological polar surface area (TPSA) is 100 Å². The quantitative estimate of drug-likeness (QED) is 0.771. The third-order valence-corrected chi connectivity index (χ3v) is 5.69. The van der Waals surface area contributed by atoms with Crippen LogP contribution in [0, 0.1) is 19.3 Å². The Bertz CT molecular complexity index is 883. The number of fused-ring (bicyclic) bond motifs is 1. The molecule has 2 unspecified atom stereocenters. The van der Waals surface area contributed by atoms with Crippen LogP contribution in [0.4, 0.5) is 0 Å². The van der Waals surface area contributed by atoms with Gasteiger partial charge in [0.2, 0.25) is 5.91 Å². The highest BCUT2D eigenvalue weighted by Gasteiger charge is 2.39. The molecule has 1 fully saturated rings. The minimum atomic E-state index is -0.251. The number of aliphatic hydroxyl groups excluding tert-OH is 1. The van der Waals surface area contributed by atoms with Crippen molar-refractivity contribution in [2.75, 3.05) is 6.61 Å². The number of aryl methyl sites for hydroxylation is 3. The van der Waals surface area contributed by atoms with Crippen molar-refractivity contribution >= 4 is 16.9 Å².